The lowest BCUT2D eigenvalue weighted by Gasteiger charge is -2.34. The van der Waals surface area contributed by atoms with Crippen LogP contribution in [-0.2, 0) is 25.5 Å². The monoisotopic (exact) mass is 1160 g/mol. The number of likely N-dealkylation sites (N-methyl/N-ethyl adjacent to an activating group) is 1. The van der Waals surface area contributed by atoms with E-state index in [-0.39, 0.29) is 51.7 Å². The highest BCUT2D eigenvalue weighted by Gasteiger charge is 2.51. The van der Waals surface area contributed by atoms with Crippen molar-refractivity contribution in [3.63, 3.8) is 0 Å². The molecule has 2 unspecified atom stereocenters. The Morgan fingerprint density at radius 3 is 2.38 bits per heavy atom. The van der Waals surface area contributed by atoms with Gasteiger partial charge < -0.3 is 20.1 Å². The number of aliphatic hydroxyl groups is 1. The molecule has 0 radical (unpaired) electrons. The smallest absolute Gasteiger partial charge is 0.281 e. The van der Waals surface area contributed by atoms with E-state index < -0.39 is 18.1 Å². The number of hydrogen-bond donors (Lipinski definition) is 2. The summed E-state index contributed by atoms with van der Waals surface area (Å²) < 4.78 is 9.56. The van der Waals surface area contributed by atoms with E-state index >= 15 is 0 Å². The van der Waals surface area contributed by atoms with Gasteiger partial charge in [-0.3, -0.25) is 28.6 Å². The molecular formula is C65H85BrN6O6S. The maximum Gasteiger partial charge on any atom is 0.281 e. The molecule has 1 saturated heterocycles. The number of thiazole rings is 1. The fourth-order valence-corrected chi connectivity index (χ4v) is 15.5. The summed E-state index contributed by atoms with van der Waals surface area (Å²) in [6, 6.07) is 21.0. The lowest BCUT2D eigenvalue weighted by atomic mass is 9.71. The van der Waals surface area contributed by atoms with Crippen LogP contribution in [0.2, 0.25) is 0 Å². The summed E-state index contributed by atoms with van der Waals surface area (Å²) in [5.41, 5.74) is 8.92. The Morgan fingerprint density at radius 1 is 0.949 bits per heavy atom. The van der Waals surface area contributed by atoms with Crippen LogP contribution in [0.3, 0.4) is 0 Å². The molecule has 2 N–H and O–H groups in total. The lowest BCUT2D eigenvalue weighted by molar-refractivity contribution is -0.132. The number of likely N-dealkylation sites (tertiary alicyclic amines) is 1. The predicted molar refractivity (Wildman–Crippen MR) is 319 cm³/mol. The molecule has 424 valence electrons. The second-order valence-electron chi connectivity index (χ2n) is 25.6. The molecule has 4 heterocycles. The van der Waals surface area contributed by atoms with Crippen molar-refractivity contribution in [3.8, 4) is 16.1 Å². The van der Waals surface area contributed by atoms with Crippen LogP contribution in [0.25, 0.3) is 27.0 Å². The van der Waals surface area contributed by atoms with Crippen molar-refractivity contribution >= 4 is 55.6 Å². The molecule has 3 saturated carbocycles. The second kappa shape index (κ2) is 25.0. The maximum atomic E-state index is 14.4. The molecule has 3 aliphatic carbocycles. The van der Waals surface area contributed by atoms with Crippen molar-refractivity contribution in [3.05, 3.63) is 109 Å². The molecular weight excluding hydrogens is 1070 g/mol. The number of ether oxygens (including phenoxy) is 1. The van der Waals surface area contributed by atoms with Crippen LogP contribution >= 0.6 is 27.3 Å². The van der Waals surface area contributed by atoms with Crippen molar-refractivity contribution in [2.75, 3.05) is 46.9 Å². The van der Waals surface area contributed by atoms with Crippen LogP contribution in [0.15, 0.2) is 75.4 Å². The Bertz CT molecular complexity index is 3020. The number of rotatable bonds is 21. The first-order chi connectivity index (χ1) is 38.0. The zero-order chi connectivity index (χ0) is 55.6. The number of piperidine rings is 1. The van der Waals surface area contributed by atoms with Crippen molar-refractivity contribution in [1.29, 1.82) is 0 Å². The van der Waals surface area contributed by atoms with E-state index in [2.05, 4.69) is 110 Å². The molecule has 79 heavy (non-hydrogen) atoms. The molecule has 1 amide bonds. The second-order valence-corrected chi connectivity index (χ2v) is 27.3. The summed E-state index contributed by atoms with van der Waals surface area (Å²) in [7, 11) is 3.96. The van der Waals surface area contributed by atoms with Crippen LogP contribution < -0.4 is 10.9 Å². The number of benzene rings is 3. The number of aryl methyl sites for hydroxylation is 1. The minimum absolute atomic E-state index is 0.120. The van der Waals surface area contributed by atoms with Gasteiger partial charge in [-0.1, -0.05) is 88.9 Å². The number of nitrogens with one attached hydrogen (secondary N) is 1. The number of nitrogens with zero attached hydrogens (tertiary/aromatic N) is 5. The highest BCUT2D eigenvalue weighted by atomic mass is 79.9. The SMILES string of the molecule is Cc1ncsc1-c1ccc([C@H](COCCN2CCC(c3ccc4c(c3)CC(CCC3CCCC3)c3nc(=O)c5c(Br)cccc5n3-4)CC2)NC(=O)[C@H]2CCC(C(=O)[C@@H](CCCC(=O)C3(N(C)C)CC3)C(C)(C)C)C[C@H](O)C2)cc1. The third kappa shape index (κ3) is 13.1. The molecule has 0 bridgehead atoms. The molecule has 2 aliphatic heterocycles. The third-order valence-electron chi connectivity index (χ3n) is 19.1. The summed E-state index contributed by atoms with van der Waals surface area (Å²) in [4.78, 5) is 70.5. The highest BCUT2D eigenvalue weighted by Crippen LogP contribution is 2.45. The number of halogens is 1. The van der Waals surface area contributed by atoms with Crippen LogP contribution in [0.5, 0.6) is 0 Å². The van der Waals surface area contributed by atoms with Gasteiger partial charge in [0.1, 0.15) is 11.6 Å². The minimum atomic E-state index is -0.771. The molecule has 6 atom stereocenters. The van der Waals surface area contributed by atoms with Gasteiger partial charge in [0.25, 0.3) is 5.56 Å². The van der Waals surface area contributed by atoms with Crippen LogP contribution in [0, 0.1) is 36.0 Å². The Kier molecular flexibility index (Phi) is 18.3. The van der Waals surface area contributed by atoms with Gasteiger partial charge in [0.2, 0.25) is 5.91 Å². The lowest BCUT2D eigenvalue weighted by Crippen LogP contribution is -2.38. The average molecular weight is 1160 g/mol. The summed E-state index contributed by atoms with van der Waals surface area (Å²) in [6.07, 6.45) is 15.1. The largest absolute Gasteiger partial charge is 0.393 e. The number of hydrogen-bond acceptors (Lipinski definition) is 11. The quantitative estimate of drug-likeness (QED) is 0.0538. The van der Waals surface area contributed by atoms with E-state index in [4.69, 9.17) is 9.72 Å². The highest BCUT2D eigenvalue weighted by molar-refractivity contribution is 9.10. The molecule has 12 nitrogen and oxygen atoms in total. The minimum Gasteiger partial charge on any atom is -0.393 e. The van der Waals surface area contributed by atoms with Gasteiger partial charge in [0.05, 0.1) is 63.6 Å². The van der Waals surface area contributed by atoms with Gasteiger partial charge in [-0.25, -0.2) is 4.98 Å². The van der Waals surface area contributed by atoms with Gasteiger partial charge in [-0.2, -0.15) is 4.98 Å². The molecule has 5 aliphatic rings. The van der Waals surface area contributed by atoms with Gasteiger partial charge >= 0.3 is 0 Å². The van der Waals surface area contributed by atoms with Gasteiger partial charge in [0.15, 0.2) is 5.78 Å². The van der Waals surface area contributed by atoms with Gasteiger partial charge in [-0.05, 0) is 191 Å². The Balaban J connectivity index is 0.758. The molecule has 5 aromatic rings. The van der Waals surface area contributed by atoms with E-state index in [1.54, 1.807) is 11.3 Å². The first-order valence-corrected chi connectivity index (χ1v) is 31.5. The number of Topliss-reactive ketones (excluding diaryl/α,β-unsaturated/α-hetero) is 2. The fraction of sp³-hybridized carbons (Fsp3) is 0.600. The standard InChI is InChI=1S/C65H85BrN6O6S/c1-41-60(79-40-67-41)45-21-19-44(20-22-45)54(68-62(76)49-24-23-47(37-51(73)38-49)59(75)52(64(2,3)4)13-9-16-57(74)65(29-30-65)70(5)6)39-78-34-33-71-31-27-43(28-32-71)46-25-26-55-50(35-46)36-48(18-17-42-11-7-8-12-42)61-69-63(77)58-53(66)14-10-15-56(58)72(55)61/h10,14-15,19-22,25-26,35,40,42-43,47-49,51-52,54,73H,7-9,11-13,16-18,23-24,27-34,36-39H2,1-6H3,(H,68,76)/t47?,48?,49-,51-,52+,54-/m0/s1. The zero-order valence-corrected chi connectivity index (χ0v) is 50.1. The van der Waals surface area contributed by atoms with Crippen molar-refractivity contribution in [1.82, 2.24) is 29.7 Å². The normalized spacial score (nSPS) is 22.5. The number of amides is 1. The first kappa shape index (κ1) is 57.8. The topological polar surface area (TPSA) is 147 Å². The van der Waals surface area contributed by atoms with E-state index in [9.17, 15) is 24.3 Å². The molecule has 4 fully saturated rings. The summed E-state index contributed by atoms with van der Waals surface area (Å²) in [5.74, 6) is 1.63. The first-order valence-electron chi connectivity index (χ1n) is 29.8. The van der Waals surface area contributed by atoms with Crippen molar-refractivity contribution < 1.29 is 24.2 Å². The summed E-state index contributed by atoms with van der Waals surface area (Å²) >= 11 is 5.28. The fourth-order valence-electron chi connectivity index (χ4n) is 14.1. The molecule has 2 aromatic heterocycles. The third-order valence-corrected chi connectivity index (χ3v) is 20.8. The predicted octanol–water partition coefficient (Wildman–Crippen LogP) is 12.5. The molecule has 14 heteroatoms. The van der Waals surface area contributed by atoms with E-state index in [0.29, 0.717) is 69.5 Å². The molecule has 0 spiro atoms. The number of fused-ring (bicyclic) bond motifs is 5. The zero-order valence-electron chi connectivity index (χ0n) is 47.7. The van der Waals surface area contributed by atoms with E-state index in [1.807, 2.05) is 38.7 Å². The van der Waals surface area contributed by atoms with Gasteiger partial charge in [-0.15, -0.1) is 11.3 Å². The van der Waals surface area contributed by atoms with Gasteiger partial charge in [0, 0.05) is 41.1 Å². The number of carbonyl (C=O) groups excluding carboxylic acids is 3. The van der Waals surface area contributed by atoms with Crippen LogP contribution in [0.4, 0.5) is 0 Å². The molecule has 10 rings (SSSR count). The molecule has 3 aromatic carbocycles. The van der Waals surface area contributed by atoms with Crippen LogP contribution in [-0.4, -0.2) is 106 Å². The number of aliphatic hydroxyl groups excluding tert-OH is 1. The number of carbonyl (C=O) groups is 3. The number of ketones is 2. The Labute approximate surface area is 481 Å². The van der Waals surface area contributed by atoms with E-state index in [0.717, 1.165) is 107 Å². The summed E-state index contributed by atoms with van der Waals surface area (Å²) in [5, 5.41) is 15.4. The number of aromatic nitrogens is 3. The van der Waals surface area contributed by atoms with E-state index in [1.165, 1.54) is 43.2 Å². The Morgan fingerprint density at radius 2 is 1.68 bits per heavy atom. The average Bonchev–Trinajstić information content (AvgIpc) is 4.18. The van der Waals surface area contributed by atoms with Crippen molar-refractivity contribution in [2.45, 2.75) is 173 Å². The van der Waals surface area contributed by atoms with Crippen molar-refractivity contribution in [2.24, 2.45) is 29.1 Å². The Hall–Kier alpha value is -4.44. The maximum absolute atomic E-state index is 14.4. The summed E-state index contributed by atoms with van der Waals surface area (Å²) in [6.45, 7) is 11.9. The van der Waals surface area contributed by atoms with Crippen LogP contribution in [0.1, 0.15) is 176 Å².